The number of hydrogen-bond acceptors (Lipinski definition) is 3. The molecule has 2 amide bonds. The first-order valence-corrected chi connectivity index (χ1v) is 10.0. The van der Waals surface area contributed by atoms with Gasteiger partial charge in [-0.1, -0.05) is 41.4 Å². The van der Waals surface area contributed by atoms with Crippen LogP contribution in [0.15, 0.2) is 42.5 Å². The highest BCUT2D eigenvalue weighted by Crippen LogP contribution is 2.22. The van der Waals surface area contributed by atoms with Crippen LogP contribution >= 0.6 is 23.2 Å². The minimum atomic E-state index is -0.229. The summed E-state index contributed by atoms with van der Waals surface area (Å²) in [7, 11) is 0. The van der Waals surface area contributed by atoms with Gasteiger partial charge in [-0.2, -0.15) is 0 Å². The van der Waals surface area contributed by atoms with E-state index in [4.69, 9.17) is 27.9 Å². The summed E-state index contributed by atoms with van der Waals surface area (Å²) < 4.78 is 5.52. The molecule has 148 valence electrons. The van der Waals surface area contributed by atoms with Crippen molar-refractivity contribution in [1.29, 1.82) is 0 Å². The van der Waals surface area contributed by atoms with E-state index in [9.17, 15) is 9.59 Å². The van der Waals surface area contributed by atoms with Crippen molar-refractivity contribution in [2.24, 2.45) is 0 Å². The van der Waals surface area contributed by atoms with Crippen LogP contribution in [0.2, 0.25) is 10.0 Å². The average molecular weight is 421 g/mol. The van der Waals surface area contributed by atoms with E-state index in [1.54, 1.807) is 36.4 Å². The molecule has 28 heavy (non-hydrogen) atoms. The summed E-state index contributed by atoms with van der Waals surface area (Å²) in [6.07, 6.45) is 2.76. The highest BCUT2D eigenvalue weighted by molar-refractivity contribution is 6.35. The predicted octanol–water partition coefficient (Wildman–Crippen LogP) is 4.47. The summed E-state index contributed by atoms with van der Waals surface area (Å²) >= 11 is 12.0. The van der Waals surface area contributed by atoms with Gasteiger partial charge in [0, 0.05) is 29.6 Å². The highest BCUT2D eigenvalue weighted by atomic mass is 35.5. The molecule has 2 N–H and O–H groups in total. The number of aryl methyl sites for hydroxylation is 1. The molecule has 7 heteroatoms. The lowest BCUT2D eigenvalue weighted by Crippen LogP contribution is -2.32. The summed E-state index contributed by atoms with van der Waals surface area (Å²) in [6, 6.07) is 12.2. The summed E-state index contributed by atoms with van der Waals surface area (Å²) in [6.45, 7) is 1.21. The lowest BCUT2D eigenvalue weighted by molar-refractivity contribution is -0.116. The van der Waals surface area contributed by atoms with Crippen LogP contribution in [-0.4, -0.2) is 31.1 Å². The predicted molar refractivity (Wildman–Crippen MR) is 111 cm³/mol. The van der Waals surface area contributed by atoms with Gasteiger partial charge in [0.05, 0.1) is 17.4 Å². The largest absolute Gasteiger partial charge is 0.376 e. The van der Waals surface area contributed by atoms with Crippen LogP contribution in [0.25, 0.3) is 0 Å². The standard InChI is InChI=1S/C21H22Cl2N2O3/c22-15-9-7-14(18(23)12-15)8-10-20(26)25-19-6-2-1-5-17(19)21(27)24-13-16-4-3-11-28-16/h1-2,5-7,9,12,16H,3-4,8,10-11,13H2,(H,24,27)(H,25,26). The molecule has 0 bridgehead atoms. The quantitative estimate of drug-likeness (QED) is 0.693. The normalized spacial score (nSPS) is 16.0. The third kappa shape index (κ3) is 5.71. The minimum Gasteiger partial charge on any atom is -0.376 e. The zero-order valence-electron chi connectivity index (χ0n) is 15.3. The second-order valence-corrected chi connectivity index (χ2v) is 7.52. The van der Waals surface area contributed by atoms with E-state index in [1.165, 1.54) is 0 Å². The maximum absolute atomic E-state index is 12.5. The summed E-state index contributed by atoms with van der Waals surface area (Å²) in [5, 5.41) is 6.79. The third-order valence-electron chi connectivity index (χ3n) is 4.60. The van der Waals surface area contributed by atoms with Gasteiger partial charge >= 0.3 is 0 Å². The molecule has 1 heterocycles. The van der Waals surface area contributed by atoms with E-state index in [-0.39, 0.29) is 24.3 Å². The van der Waals surface area contributed by atoms with Gasteiger partial charge in [0.15, 0.2) is 0 Å². The molecule has 1 aliphatic heterocycles. The molecule has 1 saturated heterocycles. The van der Waals surface area contributed by atoms with Gasteiger partial charge in [-0.3, -0.25) is 9.59 Å². The van der Waals surface area contributed by atoms with Crippen LogP contribution in [0.5, 0.6) is 0 Å². The fourth-order valence-corrected chi connectivity index (χ4v) is 3.59. The lowest BCUT2D eigenvalue weighted by atomic mass is 10.1. The molecule has 3 rings (SSSR count). The van der Waals surface area contributed by atoms with Crippen LogP contribution < -0.4 is 10.6 Å². The topological polar surface area (TPSA) is 67.4 Å². The first kappa shape index (κ1) is 20.6. The van der Waals surface area contributed by atoms with Gasteiger partial charge in [-0.15, -0.1) is 0 Å². The van der Waals surface area contributed by atoms with E-state index < -0.39 is 0 Å². The molecule has 0 aliphatic carbocycles. The Morgan fingerprint density at radius 3 is 2.71 bits per heavy atom. The number of amides is 2. The molecule has 0 saturated carbocycles. The third-order valence-corrected chi connectivity index (χ3v) is 5.18. The van der Waals surface area contributed by atoms with Gasteiger partial charge in [0.25, 0.3) is 5.91 Å². The average Bonchev–Trinajstić information content (AvgIpc) is 3.19. The van der Waals surface area contributed by atoms with Crippen LogP contribution in [0.1, 0.15) is 35.2 Å². The fourth-order valence-electron chi connectivity index (χ4n) is 3.08. The molecule has 0 radical (unpaired) electrons. The van der Waals surface area contributed by atoms with Crippen LogP contribution in [-0.2, 0) is 16.0 Å². The molecule has 1 atom stereocenters. The molecular weight excluding hydrogens is 399 g/mol. The number of halogens is 2. The number of nitrogens with one attached hydrogen (secondary N) is 2. The smallest absolute Gasteiger partial charge is 0.253 e. The zero-order chi connectivity index (χ0) is 19.9. The molecule has 0 aromatic heterocycles. The van der Waals surface area contributed by atoms with Crippen LogP contribution in [0.3, 0.4) is 0 Å². The zero-order valence-corrected chi connectivity index (χ0v) is 16.9. The van der Waals surface area contributed by atoms with Crippen molar-refractivity contribution in [3.8, 4) is 0 Å². The Balaban J connectivity index is 1.57. The number of benzene rings is 2. The molecular formula is C21H22Cl2N2O3. The van der Waals surface area contributed by atoms with Gasteiger partial charge in [-0.05, 0) is 49.1 Å². The fraction of sp³-hybridized carbons (Fsp3) is 0.333. The Morgan fingerprint density at radius 1 is 1.14 bits per heavy atom. The maximum Gasteiger partial charge on any atom is 0.253 e. The Morgan fingerprint density at radius 2 is 1.96 bits per heavy atom. The van der Waals surface area contributed by atoms with Crippen molar-refractivity contribution < 1.29 is 14.3 Å². The van der Waals surface area contributed by atoms with Crippen molar-refractivity contribution in [3.63, 3.8) is 0 Å². The molecule has 2 aromatic rings. The summed E-state index contributed by atoms with van der Waals surface area (Å²) in [4.78, 5) is 24.9. The van der Waals surface area contributed by atoms with Crippen molar-refractivity contribution in [1.82, 2.24) is 5.32 Å². The number of rotatable bonds is 7. The summed E-state index contributed by atoms with van der Waals surface area (Å²) in [5.74, 6) is -0.419. The van der Waals surface area contributed by atoms with Crippen molar-refractivity contribution in [2.75, 3.05) is 18.5 Å². The first-order valence-electron chi connectivity index (χ1n) is 9.25. The molecule has 5 nitrogen and oxygen atoms in total. The Labute approximate surface area is 174 Å². The number of anilines is 1. The molecule has 1 fully saturated rings. The second kappa shape index (κ2) is 9.92. The van der Waals surface area contributed by atoms with E-state index in [0.717, 1.165) is 25.0 Å². The van der Waals surface area contributed by atoms with Crippen molar-refractivity contribution in [2.45, 2.75) is 31.8 Å². The van der Waals surface area contributed by atoms with Gasteiger partial charge in [0.1, 0.15) is 0 Å². The van der Waals surface area contributed by atoms with E-state index >= 15 is 0 Å². The molecule has 0 spiro atoms. The molecule has 2 aromatic carbocycles. The van der Waals surface area contributed by atoms with E-state index in [2.05, 4.69) is 10.6 Å². The van der Waals surface area contributed by atoms with E-state index in [0.29, 0.717) is 34.3 Å². The van der Waals surface area contributed by atoms with Crippen molar-refractivity contribution >= 4 is 40.7 Å². The Hall–Kier alpha value is -2.08. The van der Waals surface area contributed by atoms with Gasteiger partial charge in [0.2, 0.25) is 5.91 Å². The number of ether oxygens (including phenoxy) is 1. The molecule has 1 aliphatic rings. The Kier molecular flexibility index (Phi) is 7.31. The number of carbonyl (C=O) groups is 2. The monoisotopic (exact) mass is 420 g/mol. The summed E-state index contributed by atoms with van der Waals surface area (Å²) in [5.41, 5.74) is 1.77. The number of para-hydroxylation sites is 1. The highest BCUT2D eigenvalue weighted by Gasteiger charge is 2.18. The van der Waals surface area contributed by atoms with Gasteiger partial charge in [-0.25, -0.2) is 0 Å². The SMILES string of the molecule is O=C(CCc1ccc(Cl)cc1Cl)Nc1ccccc1C(=O)NCC1CCCO1. The van der Waals surface area contributed by atoms with Crippen LogP contribution in [0, 0.1) is 0 Å². The van der Waals surface area contributed by atoms with Gasteiger partial charge < -0.3 is 15.4 Å². The molecule has 1 unspecified atom stereocenters. The van der Waals surface area contributed by atoms with Crippen LogP contribution in [0.4, 0.5) is 5.69 Å². The second-order valence-electron chi connectivity index (χ2n) is 6.67. The Bertz CT molecular complexity index is 851. The minimum absolute atomic E-state index is 0.0647. The number of hydrogen-bond donors (Lipinski definition) is 2. The van der Waals surface area contributed by atoms with E-state index in [1.807, 2.05) is 6.07 Å². The first-order chi connectivity index (χ1) is 13.5. The maximum atomic E-state index is 12.5. The van der Waals surface area contributed by atoms with Crippen molar-refractivity contribution in [3.05, 3.63) is 63.6 Å². The number of carbonyl (C=O) groups excluding carboxylic acids is 2. The lowest BCUT2D eigenvalue weighted by Gasteiger charge is -2.14.